The first-order valence-electron chi connectivity index (χ1n) is 7.19. The third-order valence-electron chi connectivity index (χ3n) is 3.77. The van der Waals surface area contributed by atoms with Crippen LogP contribution in [0.3, 0.4) is 0 Å². The number of halogens is 6. The molecular weight excluding hydrogens is 406 g/mol. The van der Waals surface area contributed by atoms with Gasteiger partial charge in [0.05, 0.1) is 5.56 Å². The van der Waals surface area contributed by atoms with Crippen LogP contribution < -0.4 is 4.18 Å². The van der Waals surface area contributed by atoms with Crippen LogP contribution in [0.15, 0.2) is 12.1 Å². The number of rotatable bonds is 2. The number of hydrogen-bond acceptors (Lipinski definition) is 5. The molecule has 0 aliphatic carbocycles. The van der Waals surface area contributed by atoms with Crippen LogP contribution in [0.5, 0.6) is 5.75 Å². The standard InChI is InChI=1S/C14H10F6N2O4S/c15-13(16,17)12(23)22-5-3-8-1-2-9(7-21)11(10(8)4-6-22)26-27(24,25)14(18,19)20/h1-2H,3-6H2. The molecule has 0 spiro atoms. The molecule has 0 N–H and O–H groups in total. The monoisotopic (exact) mass is 416 g/mol. The molecule has 0 atom stereocenters. The minimum atomic E-state index is -6.09. The minimum Gasteiger partial charge on any atom is -0.374 e. The SMILES string of the molecule is N#Cc1ccc2c(c1OS(=O)(=O)C(F)(F)F)CCN(C(=O)C(F)(F)F)CC2. The van der Waals surface area contributed by atoms with Crippen molar-refractivity contribution in [2.24, 2.45) is 0 Å². The van der Waals surface area contributed by atoms with E-state index in [0.717, 1.165) is 6.07 Å². The summed E-state index contributed by atoms with van der Waals surface area (Å²) in [5, 5.41) is 9.02. The maximum Gasteiger partial charge on any atom is 0.534 e. The Balaban J connectivity index is 2.44. The molecule has 2 rings (SSSR count). The largest absolute Gasteiger partial charge is 0.534 e. The molecule has 1 aliphatic heterocycles. The summed E-state index contributed by atoms with van der Waals surface area (Å²) in [6.45, 7) is -0.925. The average Bonchev–Trinajstić information content (AvgIpc) is 2.75. The Morgan fingerprint density at radius 2 is 1.70 bits per heavy atom. The highest BCUT2D eigenvalue weighted by atomic mass is 32.2. The molecule has 6 nitrogen and oxygen atoms in total. The van der Waals surface area contributed by atoms with Gasteiger partial charge in [0.2, 0.25) is 0 Å². The lowest BCUT2D eigenvalue weighted by atomic mass is 9.99. The van der Waals surface area contributed by atoms with Gasteiger partial charge in [-0.1, -0.05) is 6.07 Å². The molecular formula is C14H10F6N2O4S. The molecule has 1 aromatic rings. The lowest BCUT2D eigenvalue weighted by molar-refractivity contribution is -0.185. The number of fused-ring (bicyclic) bond motifs is 1. The molecule has 0 saturated carbocycles. The Morgan fingerprint density at radius 3 is 2.22 bits per heavy atom. The molecule has 27 heavy (non-hydrogen) atoms. The third-order valence-corrected chi connectivity index (χ3v) is 4.72. The first-order valence-corrected chi connectivity index (χ1v) is 8.60. The van der Waals surface area contributed by atoms with Gasteiger partial charge in [0, 0.05) is 18.7 Å². The second-order valence-electron chi connectivity index (χ2n) is 5.46. The van der Waals surface area contributed by atoms with Crippen LogP contribution in [0, 0.1) is 11.3 Å². The number of benzene rings is 1. The second-order valence-corrected chi connectivity index (χ2v) is 7.00. The molecule has 13 heteroatoms. The van der Waals surface area contributed by atoms with Crippen LogP contribution in [0.1, 0.15) is 16.7 Å². The van der Waals surface area contributed by atoms with Crippen LogP contribution >= 0.6 is 0 Å². The highest BCUT2D eigenvalue weighted by Gasteiger charge is 2.49. The van der Waals surface area contributed by atoms with Gasteiger partial charge < -0.3 is 9.08 Å². The van der Waals surface area contributed by atoms with Crippen molar-refractivity contribution in [2.45, 2.75) is 24.5 Å². The number of nitrogens with zero attached hydrogens (tertiary/aromatic N) is 2. The highest BCUT2D eigenvalue weighted by Crippen LogP contribution is 2.35. The average molecular weight is 416 g/mol. The van der Waals surface area contributed by atoms with Crippen molar-refractivity contribution in [3.05, 3.63) is 28.8 Å². The molecule has 0 unspecified atom stereocenters. The van der Waals surface area contributed by atoms with E-state index in [1.54, 1.807) is 0 Å². The normalized spacial score (nSPS) is 15.5. The first-order chi connectivity index (χ1) is 12.3. The number of carbonyl (C=O) groups excluding carboxylic acids is 1. The Bertz CT molecular complexity index is 902. The van der Waals surface area contributed by atoms with Crippen LogP contribution in [0.25, 0.3) is 0 Å². The number of alkyl halides is 6. The second kappa shape index (κ2) is 6.91. The van der Waals surface area contributed by atoms with Crippen molar-refractivity contribution in [1.82, 2.24) is 4.90 Å². The molecule has 0 radical (unpaired) electrons. The molecule has 0 saturated heterocycles. The zero-order chi connectivity index (χ0) is 20.6. The maximum atomic E-state index is 12.6. The van der Waals surface area contributed by atoms with Crippen molar-refractivity contribution in [1.29, 1.82) is 5.26 Å². The van der Waals surface area contributed by atoms with Gasteiger partial charge in [-0.2, -0.15) is 40.0 Å². The molecule has 0 bridgehead atoms. The van der Waals surface area contributed by atoms with Crippen LogP contribution in [-0.2, 0) is 27.8 Å². The van der Waals surface area contributed by atoms with Gasteiger partial charge in [-0.25, -0.2) is 0 Å². The van der Waals surface area contributed by atoms with Gasteiger partial charge in [-0.15, -0.1) is 0 Å². The maximum absolute atomic E-state index is 12.6. The molecule has 148 valence electrons. The predicted molar refractivity (Wildman–Crippen MR) is 76.8 cm³/mol. The van der Waals surface area contributed by atoms with Crippen molar-refractivity contribution >= 4 is 16.0 Å². The van der Waals surface area contributed by atoms with Crippen molar-refractivity contribution in [2.75, 3.05) is 13.1 Å². The van der Waals surface area contributed by atoms with E-state index in [9.17, 15) is 39.6 Å². The lowest BCUT2D eigenvalue weighted by Gasteiger charge is -2.21. The van der Waals surface area contributed by atoms with Gasteiger partial charge in [-0.05, 0) is 24.5 Å². The summed E-state index contributed by atoms with van der Waals surface area (Å²) in [5.74, 6) is -3.02. The Labute approximate surface area is 149 Å². The molecule has 1 amide bonds. The van der Waals surface area contributed by atoms with Crippen molar-refractivity contribution < 1.29 is 43.7 Å². The third kappa shape index (κ3) is 4.26. The quantitative estimate of drug-likeness (QED) is 0.419. The van der Waals surface area contributed by atoms with E-state index >= 15 is 0 Å². The topological polar surface area (TPSA) is 87.5 Å². The fourth-order valence-corrected chi connectivity index (χ4v) is 3.02. The summed E-state index contributed by atoms with van der Waals surface area (Å²) in [5.41, 5.74) is -6.28. The van der Waals surface area contributed by atoms with E-state index in [1.165, 1.54) is 12.1 Å². The van der Waals surface area contributed by atoms with E-state index in [4.69, 9.17) is 5.26 Å². The lowest BCUT2D eigenvalue weighted by Crippen LogP contribution is -2.42. The zero-order valence-electron chi connectivity index (χ0n) is 13.2. The van der Waals surface area contributed by atoms with Crippen molar-refractivity contribution in [3.63, 3.8) is 0 Å². The zero-order valence-corrected chi connectivity index (χ0v) is 14.0. The summed E-state index contributed by atoms with van der Waals surface area (Å²) < 4.78 is 102. The molecule has 1 aromatic carbocycles. The summed E-state index contributed by atoms with van der Waals surface area (Å²) >= 11 is 0. The van der Waals surface area contributed by atoms with Gasteiger partial charge in [0.1, 0.15) is 6.07 Å². The Morgan fingerprint density at radius 1 is 1.11 bits per heavy atom. The summed E-state index contributed by atoms with van der Waals surface area (Å²) in [4.78, 5) is 11.8. The van der Waals surface area contributed by atoms with Gasteiger partial charge >= 0.3 is 27.7 Å². The summed E-state index contributed by atoms with van der Waals surface area (Å²) in [7, 11) is -6.09. The van der Waals surface area contributed by atoms with Crippen LogP contribution in [0.4, 0.5) is 26.3 Å². The highest BCUT2D eigenvalue weighted by molar-refractivity contribution is 7.88. The fourth-order valence-electron chi connectivity index (χ4n) is 2.51. The van der Waals surface area contributed by atoms with Crippen LogP contribution in [0.2, 0.25) is 0 Å². The Kier molecular flexibility index (Phi) is 5.33. The molecule has 0 aromatic heterocycles. The molecule has 1 heterocycles. The number of hydrogen-bond donors (Lipinski definition) is 0. The van der Waals surface area contributed by atoms with Gasteiger partial charge in [0.15, 0.2) is 5.75 Å². The Hall–Kier alpha value is -2.49. The van der Waals surface area contributed by atoms with Gasteiger partial charge in [-0.3, -0.25) is 4.79 Å². The smallest absolute Gasteiger partial charge is 0.374 e. The van der Waals surface area contributed by atoms with E-state index in [2.05, 4.69) is 4.18 Å². The number of carbonyl (C=O) groups is 1. The van der Waals surface area contributed by atoms with E-state index in [1.807, 2.05) is 0 Å². The summed E-state index contributed by atoms with van der Waals surface area (Å²) in [6, 6.07) is 3.75. The number of nitriles is 1. The van der Waals surface area contributed by atoms with Crippen molar-refractivity contribution in [3.8, 4) is 11.8 Å². The molecule has 1 aliphatic rings. The van der Waals surface area contributed by atoms with Crippen LogP contribution in [-0.4, -0.2) is 44.0 Å². The minimum absolute atomic E-state index is 0.167. The summed E-state index contributed by atoms with van der Waals surface area (Å²) in [6.07, 6.45) is -5.74. The first kappa shape index (κ1) is 20.8. The van der Waals surface area contributed by atoms with Gasteiger partial charge in [0.25, 0.3) is 0 Å². The fraction of sp³-hybridized carbons (Fsp3) is 0.429. The molecule has 0 fully saturated rings. The van der Waals surface area contributed by atoms with E-state index < -0.39 is 52.0 Å². The van der Waals surface area contributed by atoms with E-state index in [-0.39, 0.29) is 24.1 Å². The van der Waals surface area contributed by atoms with E-state index in [0.29, 0.717) is 4.90 Å². The predicted octanol–water partition coefficient (Wildman–Crippen LogP) is 2.28. The number of amides is 1.